The Morgan fingerprint density at radius 3 is 2.08 bits per heavy atom. The topological polar surface area (TPSA) is 59.9 Å². The van der Waals surface area contributed by atoms with Crippen molar-refractivity contribution in [1.29, 1.82) is 0 Å². The van der Waals surface area contributed by atoms with E-state index in [4.69, 9.17) is 0 Å². The largest absolute Gasteiger partial charge is 0.388 e. The lowest BCUT2D eigenvalue weighted by molar-refractivity contribution is 0.0306. The van der Waals surface area contributed by atoms with Gasteiger partial charge in [-0.25, -0.2) is 0 Å². The van der Waals surface area contributed by atoms with Crippen molar-refractivity contribution in [2.75, 3.05) is 39.3 Å². The number of nitrogens with one attached hydrogen (secondary N) is 2. The van der Waals surface area contributed by atoms with Crippen LogP contribution in [0.5, 0.6) is 0 Å². The van der Waals surface area contributed by atoms with Gasteiger partial charge in [-0.15, -0.1) is 0 Å². The fraction of sp³-hybridized carbons (Fsp3) is 0.947. The maximum Gasteiger partial charge on any atom is 0.191 e. The maximum atomic E-state index is 10.7. The van der Waals surface area contributed by atoms with E-state index in [2.05, 4.69) is 55.1 Å². The smallest absolute Gasteiger partial charge is 0.191 e. The van der Waals surface area contributed by atoms with Gasteiger partial charge in [0.1, 0.15) is 0 Å². The molecule has 0 amide bonds. The molecule has 5 nitrogen and oxygen atoms in total. The van der Waals surface area contributed by atoms with Crippen molar-refractivity contribution in [3.05, 3.63) is 0 Å². The van der Waals surface area contributed by atoms with Crippen molar-refractivity contribution in [3.63, 3.8) is 0 Å². The molecule has 0 aromatic carbocycles. The molecule has 0 fully saturated rings. The Morgan fingerprint density at radius 2 is 1.58 bits per heavy atom. The Labute approximate surface area is 150 Å². The van der Waals surface area contributed by atoms with E-state index in [1.807, 2.05) is 0 Å². The Hall–Kier alpha value is -0.810. The van der Waals surface area contributed by atoms with Crippen LogP contribution in [0.25, 0.3) is 0 Å². The lowest BCUT2D eigenvalue weighted by Crippen LogP contribution is -2.40. The van der Waals surface area contributed by atoms with E-state index in [-0.39, 0.29) is 0 Å². The molecule has 24 heavy (non-hydrogen) atoms. The first kappa shape index (κ1) is 23.2. The van der Waals surface area contributed by atoms with Gasteiger partial charge in [-0.05, 0) is 52.2 Å². The van der Waals surface area contributed by atoms with Crippen LogP contribution in [-0.4, -0.2) is 60.8 Å². The van der Waals surface area contributed by atoms with Crippen LogP contribution in [0.15, 0.2) is 4.99 Å². The molecule has 0 saturated carbocycles. The summed E-state index contributed by atoms with van der Waals surface area (Å²) in [7, 11) is 0. The van der Waals surface area contributed by atoms with E-state index in [1.165, 1.54) is 6.42 Å². The molecule has 0 aromatic heterocycles. The first-order valence-corrected chi connectivity index (χ1v) is 10.0. The molecule has 0 heterocycles. The highest BCUT2D eigenvalue weighted by atomic mass is 16.3. The maximum absolute atomic E-state index is 10.7. The van der Waals surface area contributed by atoms with E-state index in [0.29, 0.717) is 6.54 Å². The monoisotopic (exact) mass is 342 g/mol. The Kier molecular flexibility index (Phi) is 14.0. The molecule has 0 spiro atoms. The molecule has 0 aliphatic rings. The summed E-state index contributed by atoms with van der Waals surface area (Å²) in [5, 5.41) is 17.4. The summed E-state index contributed by atoms with van der Waals surface area (Å²) in [6, 6.07) is 0. The Morgan fingerprint density at radius 1 is 0.958 bits per heavy atom. The molecule has 0 rings (SSSR count). The second-order valence-corrected chi connectivity index (χ2v) is 6.58. The molecule has 5 heteroatoms. The van der Waals surface area contributed by atoms with Crippen molar-refractivity contribution in [3.8, 4) is 0 Å². The number of hydrogen-bond acceptors (Lipinski definition) is 3. The number of aliphatic imine (C=N–C) groups is 1. The Bertz CT molecular complexity index is 310. The molecule has 0 unspecified atom stereocenters. The number of guanidine groups is 1. The molecule has 0 atom stereocenters. The third-order valence-electron chi connectivity index (χ3n) is 4.39. The third-order valence-corrected chi connectivity index (χ3v) is 4.39. The zero-order valence-corrected chi connectivity index (χ0v) is 16.8. The van der Waals surface area contributed by atoms with Crippen molar-refractivity contribution in [2.24, 2.45) is 4.99 Å². The fourth-order valence-corrected chi connectivity index (χ4v) is 2.99. The lowest BCUT2D eigenvalue weighted by atomic mass is 9.93. The van der Waals surface area contributed by atoms with Gasteiger partial charge in [0.15, 0.2) is 5.96 Å². The SMILES string of the molecule is CCCC(O)(CCC)CN=C(NCC)NCCCCN(CC)CC. The zero-order chi connectivity index (χ0) is 18.3. The average Bonchev–Trinajstić information content (AvgIpc) is 2.56. The summed E-state index contributed by atoms with van der Waals surface area (Å²) < 4.78 is 0. The minimum atomic E-state index is -0.658. The molecule has 3 N–H and O–H groups in total. The first-order valence-electron chi connectivity index (χ1n) is 10.0. The van der Waals surface area contributed by atoms with Gasteiger partial charge in [0.05, 0.1) is 12.1 Å². The van der Waals surface area contributed by atoms with Crippen molar-refractivity contribution >= 4 is 5.96 Å². The van der Waals surface area contributed by atoms with Crippen LogP contribution < -0.4 is 10.6 Å². The van der Waals surface area contributed by atoms with Crippen LogP contribution in [-0.2, 0) is 0 Å². The van der Waals surface area contributed by atoms with Gasteiger partial charge in [0.2, 0.25) is 0 Å². The van der Waals surface area contributed by atoms with E-state index in [0.717, 1.165) is 70.8 Å². The van der Waals surface area contributed by atoms with Crippen LogP contribution in [0.1, 0.15) is 73.1 Å². The quantitative estimate of drug-likeness (QED) is 0.258. The van der Waals surface area contributed by atoms with Crippen LogP contribution >= 0.6 is 0 Å². The van der Waals surface area contributed by atoms with Crippen LogP contribution in [0.2, 0.25) is 0 Å². The average molecular weight is 343 g/mol. The number of unbranched alkanes of at least 4 members (excludes halogenated alkanes) is 1. The predicted octanol–water partition coefficient (Wildman–Crippen LogP) is 2.99. The third kappa shape index (κ3) is 10.9. The van der Waals surface area contributed by atoms with Crippen LogP contribution in [0, 0.1) is 0 Å². The van der Waals surface area contributed by atoms with Crippen LogP contribution in [0.4, 0.5) is 0 Å². The van der Waals surface area contributed by atoms with Crippen LogP contribution in [0.3, 0.4) is 0 Å². The molecule has 144 valence electrons. The molecular weight excluding hydrogens is 300 g/mol. The number of hydrogen-bond donors (Lipinski definition) is 3. The standard InChI is InChI=1S/C19H42N4O/c1-6-13-19(24,14-7-2)17-22-18(20-8-3)21-15-11-12-16-23(9-4)10-5/h24H,6-17H2,1-5H3,(H2,20,21,22). The second kappa shape index (κ2) is 14.5. The van der Waals surface area contributed by atoms with E-state index in [9.17, 15) is 5.11 Å². The van der Waals surface area contributed by atoms with E-state index < -0.39 is 5.60 Å². The molecule has 0 aliphatic carbocycles. The number of nitrogens with zero attached hydrogens (tertiary/aromatic N) is 2. The molecule has 0 saturated heterocycles. The molecular formula is C19H42N4O. The number of aliphatic hydroxyl groups is 1. The molecule has 0 radical (unpaired) electrons. The predicted molar refractivity (Wildman–Crippen MR) is 106 cm³/mol. The van der Waals surface area contributed by atoms with Crippen molar-refractivity contribution in [2.45, 2.75) is 78.7 Å². The minimum absolute atomic E-state index is 0.476. The Balaban J connectivity index is 4.31. The van der Waals surface area contributed by atoms with Gasteiger partial charge in [0, 0.05) is 13.1 Å². The van der Waals surface area contributed by atoms with Gasteiger partial charge < -0.3 is 20.6 Å². The molecule has 0 aromatic rings. The highest BCUT2D eigenvalue weighted by Gasteiger charge is 2.24. The summed E-state index contributed by atoms with van der Waals surface area (Å²) in [4.78, 5) is 7.08. The summed E-state index contributed by atoms with van der Waals surface area (Å²) in [5.41, 5.74) is -0.658. The van der Waals surface area contributed by atoms with E-state index >= 15 is 0 Å². The zero-order valence-electron chi connectivity index (χ0n) is 16.8. The highest BCUT2D eigenvalue weighted by Crippen LogP contribution is 2.19. The van der Waals surface area contributed by atoms with Crippen molar-refractivity contribution < 1.29 is 5.11 Å². The number of rotatable bonds is 14. The van der Waals surface area contributed by atoms with E-state index in [1.54, 1.807) is 0 Å². The summed E-state index contributed by atoms with van der Waals surface area (Å²) >= 11 is 0. The van der Waals surface area contributed by atoms with Gasteiger partial charge in [0.25, 0.3) is 0 Å². The highest BCUT2D eigenvalue weighted by molar-refractivity contribution is 5.79. The minimum Gasteiger partial charge on any atom is -0.388 e. The normalized spacial score (nSPS) is 12.7. The second-order valence-electron chi connectivity index (χ2n) is 6.58. The van der Waals surface area contributed by atoms with Gasteiger partial charge in [-0.1, -0.05) is 40.5 Å². The fourth-order valence-electron chi connectivity index (χ4n) is 2.99. The lowest BCUT2D eigenvalue weighted by Gasteiger charge is -2.26. The molecule has 0 bridgehead atoms. The van der Waals surface area contributed by atoms with Gasteiger partial charge >= 0.3 is 0 Å². The van der Waals surface area contributed by atoms with Crippen molar-refractivity contribution in [1.82, 2.24) is 15.5 Å². The van der Waals surface area contributed by atoms with Gasteiger partial charge in [-0.2, -0.15) is 0 Å². The summed E-state index contributed by atoms with van der Waals surface area (Å²) in [6.07, 6.45) is 5.93. The van der Waals surface area contributed by atoms with Gasteiger partial charge in [-0.3, -0.25) is 4.99 Å². The summed E-state index contributed by atoms with van der Waals surface area (Å²) in [6.45, 7) is 16.4. The summed E-state index contributed by atoms with van der Waals surface area (Å²) in [5.74, 6) is 0.825. The first-order chi connectivity index (χ1) is 11.5. The molecule has 0 aliphatic heterocycles.